The number of carbonyl (C=O) groups excluding carboxylic acids is 1. The lowest BCUT2D eigenvalue weighted by atomic mass is 9.84. The minimum atomic E-state index is -0.859. The van der Waals surface area contributed by atoms with Crippen molar-refractivity contribution in [3.05, 3.63) is 0 Å². The summed E-state index contributed by atoms with van der Waals surface area (Å²) in [5.41, 5.74) is 0. The third-order valence-electron chi connectivity index (χ3n) is 4.91. The highest BCUT2D eigenvalue weighted by molar-refractivity contribution is 5.76. The van der Waals surface area contributed by atoms with Crippen LogP contribution in [0.4, 0.5) is 4.79 Å². The van der Waals surface area contributed by atoms with Crippen LogP contribution in [-0.2, 0) is 4.79 Å². The number of rotatable bonds is 3. The van der Waals surface area contributed by atoms with Gasteiger partial charge in [-0.1, -0.05) is 6.92 Å². The molecule has 3 atom stereocenters. The number of nitrogens with zero attached hydrogens (tertiary/aromatic N) is 3. The van der Waals surface area contributed by atoms with Gasteiger partial charge in [0.25, 0.3) is 0 Å². The fourth-order valence-electron chi connectivity index (χ4n) is 3.63. The van der Waals surface area contributed by atoms with Crippen molar-refractivity contribution in [3.8, 4) is 0 Å². The number of aliphatic carboxylic acids is 1. The van der Waals surface area contributed by atoms with Crippen LogP contribution >= 0.6 is 0 Å². The van der Waals surface area contributed by atoms with Gasteiger partial charge in [0.05, 0.1) is 5.92 Å². The molecule has 2 heterocycles. The van der Waals surface area contributed by atoms with E-state index in [-0.39, 0.29) is 12.6 Å². The first kappa shape index (κ1) is 16.1. The summed E-state index contributed by atoms with van der Waals surface area (Å²) in [6, 6.07) is 0.570. The van der Waals surface area contributed by atoms with Crippen LogP contribution in [0.2, 0.25) is 0 Å². The highest BCUT2D eigenvalue weighted by Crippen LogP contribution is 2.29. The molecule has 120 valence electrons. The minimum Gasteiger partial charge on any atom is -0.481 e. The van der Waals surface area contributed by atoms with Gasteiger partial charge in [0, 0.05) is 32.7 Å². The van der Waals surface area contributed by atoms with Crippen molar-refractivity contribution in [1.29, 1.82) is 0 Å². The maximum atomic E-state index is 12.5. The Hall–Kier alpha value is -1.30. The van der Waals surface area contributed by atoms with Crippen molar-refractivity contribution in [1.82, 2.24) is 14.7 Å². The Balaban J connectivity index is 1.90. The number of hydrogen-bond acceptors (Lipinski definition) is 3. The summed E-state index contributed by atoms with van der Waals surface area (Å²) >= 11 is 0. The summed E-state index contributed by atoms with van der Waals surface area (Å²) < 4.78 is 0. The lowest BCUT2D eigenvalue weighted by molar-refractivity contribution is -0.141. The Morgan fingerprint density at radius 1 is 1.33 bits per heavy atom. The zero-order valence-corrected chi connectivity index (χ0v) is 13.3. The van der Waals surface area contributed by atoms with Crippen LogP contribution in [-0.4, -0.2) is 78.1 Å². The number of carbonyl (C=O) groups is 2. The molecule has 0 spiro atoms. The van der Waals surface area contributed by atoms with Gasteiger partial charge < -0.3 is 19.8 Å². The van der Waals surface area contributed by atoms with Crippen LogP contribution in [0, 0.1) is 11.8 Å². The molecule has 0 aromatic rings. The van der Waals surface area contributed by atoms with Crippen LogP contribution in [0.3, 0.4) is 0 Å². The molecule has 0 radical (unpaired) electrons. The summed E-state index contributed by atoms with van der Waals surface area (Å²) in [5.74, 6) is -0.827. The Morgan fingerprint density at radius 2 is 2.05 bits per heavy atom. The van der Waals surface area contributed by atoms with Crippen LogP contribution in [0.5, 0.6) is 0 Å². The van der Waals surface area contributed by atoms with Crippen LogP contribution in [0.15, 0.2) is 0 Å². The molecule has 0 bridgehead atoms. The smallest absolute Gasteiger partial charge is 0.319 e. The Morgan fingerprint density at radius 3 is 2.71 bits per heavy atom. The van der Waals surface area contributed by atoms with Gasteiger partial charge in [-0.25, -0.2) is 4.79 Å². The molecular weight excluding hydrogens is 270 g/mol. The van der Waals surface area contributed by atoms with E-state index in [0.29, 0.717) is 12.0 Å². The normalized spacial score (nSPS) is 27.9. The van der Waals surface area contributed by atoms with E-state index in [2.05, 4.69) is 11.9 Å². The molecule has 2 aliphatic rings. The summed E-state index contributed by atoms with van der Waals surface area (Å²) in [4.78, 5) is 29.2. The molecule has 2 fully saturated rings. The molecule has 1 N–H and O–H groups in total. The van der Waals surface area contributed by atoms with Gasteiger partial charge in [-0.2, -0.15) is 0 Å². The summed E-state index contributed by atoms with van der Waals surface area (Å²) in [7, 11) is 3.87. The van der Waals surface area contributed by atoms with Gasteiger partial charge >= 0.3 is 12.0 Å². The second-order valence-corrected chi connectivity index (χ2v) is 6.59. The van der Waals surface area contributed by atoms with Crippen LogP contribution < -0.4 is 0 Å². The molecule has 2 rings (SSSR count). The maximum Gasteiger partial charge on any atom is 0.319 e. The average Bonchev–Trinajstić information content (AvgIpc) is 2.46. The number of urea groups is 1. The number of piperidine rings is 2. The topological polar surface area (TPSA) is 64.1 Å². The molecule has 21 heavy (non-hydrogen) atoms. The maximum absolute atomic E-state index is 12.5. The first-order valence-electron chi connectivity index (χ1n) is 7.83. The summed E-state index contributed by atoms with van der Waals surface area (Å²) in [6.45, 7) is 4.63. The van der Waals surface area contributed by atoms with E-state index in [9.17, 15) is 9.59 Å². The van der Waals surface area contributed by atoms with Gasteiger partial charge in [-0.05, 0) is 38.8 Å². The molecule has 0 aromatic carbocycles. The van der Waals surface area contributed by atoms with Gasteiger partial charge in [0.15, 0.2) is 0 Å². The molecule has 0 aromatic heterocycles. The van der Waals surface area contributed by atoms with Crippen molar-refractivity contribution < 1.29 is 14.7 Å². The Labute approximate surface area is 126 Å². The van der Waals surface area contributed by atoms with Gasteiger partial charge in [0.1, 0.15) is 0 Å². The average molecular weight is 297 g/mol. The Kier molecular flexibility index (Phi) is 5.08. The van der Waals surface area contributed by atoms with Crippen molar-refractivity contribution in [2.24, 2.45) is 11.8 Å². The zero-order chi connectivity index (χ0) is 15.6. The molecule has 6 heteroatoms. The van der Waals surface area contributed by atoms with E-state index in [1.165, 1.54) is 12.8 Å². The quantitative estimate of drug-likeness (QED) is 0.849. The van der Waals surface area contributed by atoms with Gasteiger partial charge in [-0.15, -0.1) is 0 Å². The third-order valence-corrected chi connectivity index (χ3v) is 4.91. The number of hydrogen-bond donors (Lipinski definition) is 1. The Bertz CT molecular complexity index is 402. The second kappa shape index (κ2) is 6.64. The lowest BCUT2D eigenvalue weighted by Crippen LogP contribution is -2.56. The summed E-state index contributed by atoms with van der Waals surface area (Å²) in [5, 5.41) is 8.95. The SMILES string of the molecule is CC(CN(C)C(=O)N1CCC2C(CCCN2C)C1)C(=O)O. The molecular formula is C15H27N3O3. The van der Waals surface area contributed by atoms with E-state index >= 15 is 0 Å². The number of carboxylic acids is 1. The number of likely N-dealkylation sites (tertiary alicyclic amines) is 2. The summed E-state index contributed by atoms with van der Waals surface area (Å²) in [6.07, 6.45) is 3.41. The fourth-order valence-corrected chi connectivity index (χ4v) is 3.63. The fraction of sp³-hybridized carbons (Fsp3) is 0.867. The first-order chi connectivity index (χ1) is 9.90. The van der Waals surface area contributed by atoms with Gasteiger partial charge in [0.2, 0.25) is 0 Å². The van der Waals surface area contributed by atoms with Gasteiger partial charge in [-0.3, -0.25) is 4.79 Å². The molecule has 0 saturated carbocycles. The molecule has 3 unspecified atom stereocenters. The monoisotopic (exact) mass is 297 g/mol. The van der Waals surface area contributed by atoms with E-state index < -0.39 is 11.9 Å². The van der Waals surface area contributed by atoms with Crippen LogP contribution in [0.1, 0.15) is 26.2 Å². The van der Waals surface area contributed by atoms with Crippen molar-refractivity contribution in [2.75, 3.05) is 40.3 Å². The molecule has 2 saturated heterocycles. The van der Waals surface area contributed by atoms with Crippen molar-refractivity contribution >= 4 is 12.0 Å². The highest BCUT2D eigenvalue weighted by Gasteiger charge is 2.36. The molecule has 6 nitrogen and oxygen atoms in total. The molecule has 2 aliphatic heterocycles. The number of fused-ring (bicyclic) bond motifs is 1. The van der Waals surface area contributed by atoms with E-state index in [1.54, 1.807) is 18.9 Å². The molecule has 2 amide bonds. The standard InChI is InChI=1S/C15H27N3O3/c1-11(14(19)20)9-17(3)15(21)18-8-6-13-12(10-18)5-4-7-16(13)2/h11-13H,4-10H2,1-3H3,(H,19,20). The predicted octanol–water partition coefficient (Wildman–Crippen LogP) is 1.18. The highest BCUT2D eigenvalue weighted by atomic mass is 16.4. The van der Waals surface area contributed by atoms with Crippen molar-refractivity contribution in [2.45, 2.75) is 32.2 Å². The van der Waals surface area contributed by atoms with Crippen molar-refractivity contribution in [3.63, 3.8) is 0 Å². The molecule has 0 aliphatic carbocycles. The minimum absolute atomic E-state index is 0.0326. The lowest BCUT2D eigenvalue weighted by Gasteiger charge is -2.46. The first-order valence-corrected chi connectivity index (χ1v) is 7.83. The number of carboxylic acid groups (broad SMARTS) is 1. The zero-order valence-electron chi connectivity index (χ0n) is 13.3. The third kappa shape index (κ3) is 3.67. The second-order valence-electron chi connectivity index (χ2n) is 6.59. The predicted molar refractivity (Wildman–Crippen MR) is 80.2 cm³/mol. The number of amides is 2. The van der Waals surface area contributed by atoms with E-state index in [4.69, 9.17) is 5.11 Å². The van der Waals surface area contributed by atoms with E-state index in [1.807, 2.05) is 4.90 Å². The largest absolute Gasteiger partial charge is 0.481 e. The van der Waals surface area contributed by atoms with Crippen LogP contribution in [0.25, 0.3) is 0 Å². The van der Waals surface area contributed by atoms with E-state index in [0.717, 1.165) is 26.1 Å².